The molecule has 0 aliphatic rings. The van der Waals surface area contributed by atoms with E-state index in [2.05, 4.69) is 0 Å². The summed E-state index contributed by atoms with van der Waals surface area (Å²) in [5.74, 6) is 0. The van der Waals surface area contributed by atoms with Crippen LogP contribution >= 0.6 is 0 Å². The van der Waals surface area contributed by atoms with E-state index in [1.807, 2.05) is 18.2 Å². The summed E-state index contributed by atoms with van der Waals surface area (Å²) in [6, 6.07) is 9.02. The maximum absolute atomic E-state index is 11.6. The SMILES string of the molecule is FC(F)/C=C/c1ccccc1. The van der Waals surface area contributed by atoms with Crippen molar-refractivity contribution in [1.29, 1.82) is 0 Å². The van der Waals surface area contributed by atoms with Gasteiger partial charge in [-0.25, -0.2) is 8.78 Å². The lowest BCUT2D eigenvalue weighted by Gasteiger charge is -1.90. The minimum atomic E-state index is -2.37. The van der Waals surface area contributed by atoms with Crippen molar-refractivity contribution >= 4 is 6.08 Å². The molecule has 0 atom stereocenters. The fraction of sp³-hybridized carbons (Fsp3) is 0.111. The lowest BCUT2D eigenvalue weighted by Crippen LogP contribution is -1.79. The molecule has 0 aliphatic carbocycles. The molecule has 0 bridgehead atoms. The first kappa shape index (κ1) is 7.92. The molecule has 0 saturated heterocycles. The quantitative estimate of drug-likeness (QED) is 0.614. The Labute approximate surface area is 64.2 Å². The van der Waals surface area contributed by atoms with E-state index < -0.39 is 6.43 Å². The molecular weight excluding hydrogens is 146 g/mol. The van der Waals surface area contributed by atoms with Gasteiger partial charge in [-0.1, -0.05) is 36.4 Å². The first-order chi connectivity index (χ1) is 5.29. The maximum atomic E-state index is 11.6. The van der Waals surface area contributed by atoms with Crippen LogP contribution in [0, 0.1) is 0 Å². The molecule has 58 valence electrons. The summed E-state index contributed by atoms with van der Waals surface area (Å²) in [6.07, 6.45) is -0.0878. The van der Waals surface area contributed by atoms with Crippen LogP contribution in [-0.4, -0.2) is 6.43 Å². The van der Waals surface area contributed by atoms with Gasteiger partial charge in [0.15, 0.2) is 0 Å². The Morgan fingerprint density at radius 2 is 1.73 bits per heavy atom. The van der Waals surface area contributed by atoms with Crippen molar-refractivity contribution in [3.8, 4) is 0 Å². The van der Waals surface area contributed by atoms with Crippen molar-refractivity contribution in [2.24, 2.45) is 0 Å². The second kappa shape index (κ2) is 3.86. The van der Waals surface area contributed by atoms with Crippen LogP contribution in [0.15, 0.2) is 36.4 Å². The van der Waals surface area contributed by atoms with Crippen LogP contribution in [0.3, 0.4) is 0 Å². The van der Waals surface area contributed by atoms with Crippen LogP contribution in [0.4, 0.5) is 8.78 Å². The van der Waals surface area contributed by atoms with Crippen molar-refractivity contribution in [3.05, 3.63) is 42.0 Å². The molecule has 0 amide bonds. The van der Waals surface area contributed by atoms with Gasteiger partial charge in [-0.3, -0.25) is 0 Å². The predicted molar refractivity (Wildman–Crippen MR) is 41.5 cm³/mol. The first-order valence-electron chi connectivity index (χ1n) is 3.30. The molecule has 0 spiro atoms. The summed E-state index contributed by atoms with van der Waals surface area (Å²) in [5.41, 5.74) is 0.799. The van der Waals surface area contributed by atoms with Gasteiger partial charge >= 0.3 is 0 Å². The molecular formula is C9H8F2. The van der Waals surface area contributed by atoms with Crippen molar-refractivity contribution in [3.63, 3.8) is 0 Å². The fourth-order valence-electron chi connectivity index (χ4n) is 0.748. The average molecular weight is 154 g/mol. The number of hydrogen-bond acceptors (Lipinski definition) is 0. The number of alkyl halides is 2. The summed E-state index contributed by atoms with van der Waals surface area (Å²) in [4.78, 5) is 0. The number of benzene rings is 1. The van der Waals surface area contributed by atoms with Crippen molar-refractivity contribution in [1.82, 2.24) is 0 Å². The molecule has 0 nitrogen and oxygen atoms in total. The Hall–Kier alpha value is -1.18. The van der Waals surface area contributed by atoms with E-state index >= 15 is 0 Å². The molecule has 1 aromatic rings. The summed E-state index contributed by atoms with van der Waals surface area (Å²) in [6.45, 7) is 0. The zero-order valence-electron chi connectivity index (χ0n) is 5.87. The molecule has 0 aliphatic heterocycles. The summed E-state index contributed by atoms with van der Waals surface area (Å²) in [5, 5.41) is 0. The van der Waals surface area contributed by atoms with Gasteiger partial charge in [0.2, 0.25) is 0 Å². The van der Waals surface area contributed by atoms with Crippen molar-refractivity contribution in [2.45, 2.75) is 6.43 Å². The van der Waals surface area contributed by atoms with Crippen LogP contribution in [-0.2, 0) is 0 Å². The van der Waals surface area contributed by atoms with E-state index in [1.165, 1.54) is 6.08 Å². The van der Waals surface area contributed by atoms with Crippen LogP contribution in [0.2, 0.25) is 0 Å². The minimum Gasteiger partial charge on any atom is -0.206 e. The van der Waals surface area contributed by atoms with Gasteiger partial charge in [-0.15, -0.1) is 0 Å². The third-order valence-corrected chi connectivity index (χ3v) is 1.23. The van der Waals surface area contributed by atoms with Gasteiger partial charge in [0.25, 0.3) is 6.43 Å². The predicted octanol–water partition coefficient (Wildman–Crippen LogP) is 2.96. The Morgan fingerprint density at radius 3 is 2.27 bits per heavy atom. The smallest absolute Gasteiger partial charge is 0.206 e. The summed E-state index contributed by atoms with van der Waals surface area (Å²) in [7, 11) is 0. The van der Waals surface area contributed by atoms with E-state index in [-0.39, 0.29) is 0 Å². The summed E-state index contributed by atoms with van der Waals surface area (Å²) >= 11 is 0. The van der Waals surface area contributed by atoms with E-state index in [4.69, 9.17) is 0 Å². The first-order valence-corrected chi connectivity index (χ1v) is 3.30. The molecule has 1 rings (SSSR count). The molecule has 0 saturated carbocycles. The van der Waals surface area contributed by atoms with Crippen molar-refractivity contribution < 1.29 is 8.78 Å². The van der Waals surface area contributed by atoms with E-state index in [0.29, 0.717) is 0 Å². The highest BCUT2D eigenvalue weighted by Crippen LogP contribution is 2.03. The summed E-state index contributed by atoms with van der Waals surface area (Å²) < 4.78 is 23.3. The molecule has 0 heterocycles. The molecule has 11 heavy (non-hydrogen) atoms. The third kappa shape index (κ3) is 2.94. The molecule has 0 unspecified atom stereocenters. The lowest BCUT2D eigenvalue weighted by molar-refractivity contribution is 0.205. The Morgan fingerprint density at radius 1 is 1.09 bits per heavy atom. The minimum absolute atomic E-state index is 0.799. The van der Waals surface area contributed by atoms with Gasteiger partial charge in [-0.2, -0.15) is 0 Å². The van der Waals surface area contributed by atoms with Gasteiger partial charge in [0.1, 0.15) is 0 Å². The largest absolute Gasteiger partial charge is 0.257 e. The Kier molecular flexibility index (Phi) is 2.78. The van der Waals surface area contributed by atoms with Gasteiger partial charge in [0.05, 0.1) is 0 Å². The average Bonchev–Trinajstić information content (AvgIpc) is 2.03. The molecule has 0 aromatic heterocycles. The highest BCUT2D eigenvalue weighted by atomic mass is 19.3. The maximum Gasteiger partial charge on any atom is 0.257 e. The van der Waals surface area contributed by atoms with Gasteiger partial charge in [-0.05, 0) is 11.6 Å². The lowest BCUT2D eigenvalue weighted by atomic mass is 10.2. The molecule has 0 radical (unpaired) electrons. The Balaban J connectivity index is 2.65. The zero-order valence-corrected chi connectivity index (χ0v) is 5.87. The zero-order chi connectivity index (χ0) is 8.10. The fourth-order valence-corrected chi connectivity index (χ4v) is 0.748. The molecule has 0 fully saturated rings. The highest BCUT2D eigenvalue weighted by Gasteiger charge is 1.91. The number of hydrogen-bond donors (Lipinski definition) is 0. The number of rotatable bonds is 2. The molecule has 2 heteroatoms. The van der Waals surface area contributed by atoms with Gasteiger partial charge < -0.3 is 0 Å². The van der Waals surface area contributed by atoms with Crippen molar-refractivity contribution in [2.75, 3.05) is 0 Å². The third-order valence-electron chi connectivity index (χ3n) is 1.23. The van der Waals surface area contributed by atoms with Crippen LogP contribution in [0.1, 0.15) is 5.56 Å². The Bertz CT molecular complexity index is 227. The topological polar surface area (TPSA) is 0 Å². The van der Waals surface area contributed by atoms with Crippen LogP contribution < -0.4 is 0 Å². The monoisotopic (exact) mass is 154 g/mol. The van der Waals surface area contributed by atoms with E-state index in [1.54, 1.807) is 12.1 Å². The highest BCUT2D eigenvalue weighted by molar-refractivity contribution is 5.48. The van der Waals surface area contributed by atoms with Crippen LogP contribution in [0.5, 0.6) is 0 Å². The second-order valence-corrected chi connectivity index (χ2v) is 2.10. The van der Waals surface area contributed by atoms with E-state index in [0.717, 1.165) is 11.6 Å². The molecule has 0 N–H and O–H groups in total. The normalized spacial score (nSPS) is 11.2. The number of halogens is 2. The molecule has 1 aromatic carbocycles. The van der Waals surface area contributed by atoms with E-state index in [9.17, 15) is 8.78 Å². The van der Waals surface area contributed by atoms with Gasteiger partial charge in [0, 0.05) is 0 Å². The standard InChI is InChI=1S/C9H8F2/c10-9(11)7-6-8-4-2-1-3-5-8/h1-7,9H/b7-6+. The van der Waals surface area contributed by atoms with Crippen LogP contribution in [0.25, 0.3) is 6.08 Å². The second-order valence-electron chi connectivity index (χ2n) is 2.10. The number of allylic oxidation sites excluding steroid dienone is 1.